The van der Waals surface area contributed by atoms with Crippen molar-refractivity contribution in [2.45, 2.75) is 6.42 Å². The summed E-state index contributed by atoms with van der Waals surface area (Å²) in [5, 5.41) is 9.92. The molecule has 0 saturated carbocycles. The van der Waals surface area contributed by atoms with E-state index in [2.05, 4.69) is 4.98 Å². The summed E-state index contributed by atoms with van der Waals surface area (Å²) in [7, 11) is 0. The number of hydrogen-bond acceptors (Lipinski definition) is 2. The van der Waals surface area contributed by atoms with Crippen molar-refractivity contribution in [1.29, 1.82) is 0 Å². The van der Waals surface area contributed by atoms with Gasteiger partial charge in [0, 0.05) is 11.6 Å². The smallest absolute Gasteiger partial charge is 0.337 e. The Morgan fingerprint density at radius 3 is 2.93 bits per heavy atom. The van der Waals surface area contributed by atoms with E-state index in [0.717, 1.165) is 17.4 Å². The fourth-order valence-electron chi connectivity index (χ4n) is 1.75. The molecule has 0 radical (unpaired) electrons. The molecular formula is C11H12N2O2. The second kappa shape index (κ2) is 3.74. The third-order valence-corrected chi connectivity index (χ3v) is 2.45. The van der Waals surface area contributed by atoms with Crippen molar-refractivity contribution in [3.8, 4) is 0 Å². The standard InChI is InChI=1S/C11H12N2O2/c12-5-4-7-6-13-10-8(7)2-1-3-9(10)11(14)15/h1-3,6,13H,4-5,12H2,(H,14,15). The highest BCUT2D eigenvalue weighted by Crippen LogP contribution is 2.21. The lowest BCUT2D eigenvalue weighted by atomic mass is 10.1. The number of carboxylic acids is 1. The van der Waals surface area contributed by atoms with E-state index in [-0.39, 0.29) is 0 Å². The number of benzene rings is 1. The normalized spacial score (nSPS) is 10.7. The average molecular weight is 204 g/mol. The number of nitrogens with one attached hydrogen (secondary N) is 1. The molecule has 0 aliphatic heterocycles. The highest BCUT2D eigenvalue weighted by Gasteiger charge is 2.11. The Balaban J connectivity index is 2.63. The molecule has 0 spiro atoms. The van der Waals surface area contributed by atoms with Gasteiger partial charge in [0.2, 0.25) is 0 Å². The molecule has 0 saturated heterocycles. The zero-order valence-electron chi connectivity index (χ0n) is 8.16. The van der Waals surface area contributed by atoms with Crippen LogP contribution in [0.25, 0.3) is 10.9 Å². The molecule has 4 nitrogen and oxygen atoms in total. The van der Waals surface area contributed by atoms with Crippen molar-refractivity contribution >= 4 is 16.9 Å². The molecule has 4 N–H and O–H groups in total. The molecule has 0 atom stereocenters. The van der Waals surface area contributed by atoms with Gasteiger partial charge < -0.3 is 15.8 Å². The van der Waals surface area contributed by atoms with Gasteiger partial charge in [0.15, 0.2) is 0 Å². The van der Waals surface area contributed by atoms with E-state index < -0.39 is 5.97 Å². The average Bonchev–Trinajstić information content (AvgIpc) is 2.62. The number of nitrogens with two attached hydrogens (primary N) is 1. The van der Waals surface area contributed by atoms with Gasteiger partial charge in [-0.05, 0) is 24.6 Å². The topological polar surface area (TPSA) is 79.1 Å². The van der Waals surface area contributed by atoms with Crippen LogP contribution in [0.15, 0.2) is 24.4 Å². The number of carboxylic acid groups (broad SMARTS) is 1. The molecule has 0 aliphatic carbocycles. The van der Waals surface area contributed by atoms with Crippen LogP contribution in [-0.2, 0) is 6.42 Å². The Morgan fingerprint density at radius 1 is 1.47 bits per heavy atom. The van der Waals surface area contributed by atoms with Crippen molar-refractivity contribution < 1.29 is 9.90 Å². The van der Waals surface area contributed by atoms with E-state index in [9.17, 15) is 4.79 Å². The Morgan fingerprint density at radius 2 is 2.27 bits per heavy atom. The van der Waals surface area contributed by atoms with Gasteiger partial charge in [0.1, 0.15) is 0 Å². The van der Waals surface area contributed by atoms with Gasteiger partial charge in [-0.25, -0.2) is 4.79 Å². The van der Waals surface area contributed by atoms with Gasteiger partial charge in [-0.3, -0.25) is 0 Å². The fraction of sp³-hybridized carbons (Fsp3) is 0.182. The van der Waals surface area contributed by atoms with Crippen LogP contribution in [0.5, 0.6) is 0 Å². The molecular weight excluding hydrogens is 192 g/mol. The van der Waals surface area contributed by atoms with E-state index >= 15 is 0 Å². The number of rotatable bonds is 3. The first-order valence-electron chi connectivity index (χ1n) is 4.76. The molecule has 1 heterocycles. The van der Waals surface area contributed by atoms with Crippen molar-refractivity contribution in [2.24, 2.45) is 5.73 Å². The summed E-state index contributed by atoms with van der Waals surface area (Å²) in [6.07, 6.45) is 2.58. The first-order valence-corrected chi connectivity index (χ1v) is 4.76. The van der Waals surface area contributed by atoms with Crippen molar-refractivity contribution in [2.75, 3.05) is 6.54 Å². The highest BCUT2D eigenvalue weighted by atomic mass is 16.4. The number of H-pyrrole nitrogens is 1. The van der Waals surface area contributed by atoms with E-state index in [1.807, 2.05) is 12.3 Å². The molecule has 2 aromatic rings. The number of para-hydroxylation sites is 1. The van der Waals surface area contributed by atoms with Gasteiger partial charge in [0.05, 0.1) is 11.1 Å². The maximum atomic E-state index is 10.9. The summed E-state index contributed by atoms with van der Waals surface area (Å²) in [4.78, 5) is 13.9. The quantitative estimate of drug-likeness (QED) is 0.706. The number of carbonyl (C=O) groups is 1. The van der Waals surface area contributed by atoms with E-state index in [1.165, 1.54) is 0 Å². The molecule has 1 aromatic carbocycles. The SMILES string of the molecule is NCCc1c[nH]c2c(C(=O)O)cccc12. The van der Waals surface area contributed by atoms with Crippen LogP contribution in [0.1, 0.15) is 15.9 Å². The third-order valence-electron chi connectivity index (χ3n) is 2.45. The van der Waals surface area contributed by atoms with Gasteiger partial charge in [-0.2, -0.15) is 0 Å². The third kappa shape index (κ3) is 1.59. The number of aromatic amines is 1. The number of aromatic nitrogens is 1. The molecule has 78 valence electrons. The first kappa shape index (κ1) is 9.73. The zero-order chi connectivity index (χ0) is 10.8. The number of aromatic carboxylic acids is 1. The largest absolute Gasteiger partial charge is 0.478 e. The first-order chi connectivity index (χ1) is 7.24. The predicted molar refractivity (Wildman–Crippen MR) is 58.0 cm³/mol. The number of fused-ring (bicyclic) bond motifs is 1. The Bertz CT molecular complexity index is 502. The monoisotopic (exact) mass is 204 g/mol. The molecule has 0 aliphatic rings. The summed E-state index contributed by atoms with van der Waals surface area (Å²) in [5.74, 6) is -0.915. The van der Waals surface area contributed by atoms with Crippen molar-refractivity contribution in [3.05, 3.63) is 35.5 Å². The van der Waals surface area contributed by atoms with E-state index in [4.69, 9.17) is 10.8 Å². The van der Waals surface area contributed by atoms with Gasteiger partial charge >= 0.3 is 5.97 Å². The molecule has 0 unspecified atom stereocenters. The Labute approximate surface area is 86.7 Å². The summed E-state index contributed by atoms with van der Waals surface area (Å²) in [6, 6.07) is 5.25. The Kier molecular flexibility index (Phi) is 2.43. The minimum Gasteiger partial charge on any atom is -0.478 e. The minimum absolute atomic E-state index is 0.302. The summed E-state index contributed by atoms with van der Waals surface area (Å²) < 4.78 is 0. The molecule has 0 amide bonds. The van der Waals surface area contributed by atoms with Crippen LogP contribution in [0, 0.1) is 0 Å². The van der Waals surface area contributed by atoms with Crippen LogP contribution in [-0.4, -0.2) is 22.6 Å². The second-order valence-electron chi connectivity index (χ2n) is 3.39. The maximum absolute atomic E-state index is 10.9. The molecule has 15 heavy (non-hydrogen) atoms. The van der Waals surface area contributed by atoms with Crippen LogP contribution < -0.4 is 5.73 Å². The summed E-state index contributed by atoms with van der Waals surface area (Å²) in [5.41, 5.74) is 7.52. The van der Waals surface area contributed by atoms with Gasteiger partial charge in [-0.15, -0.1) is 0 Å². The Hall–Kier alpha value is -1.81. The van der Waals surface area contributed by atoms with Gasteiger partial charge in [-0.1, -0.05) is 12.1 Å². The van der Waals surface area contributed by atoms with Crippen molar-refractivity contribution in [1.82, 2.24) is 4.98 Å². The minimum atomic E-state index is -0.915. The summed E-state index contributed by atoms with van der Waals surface area (Å²) in [6.45, 7) is 0.560. The highest BCUT2D eigenvalue weighted by molar-refractivity contribution is 6.02. The number of hydrogen-bond donors (Lipinski definition) is 3. The molecule has 2 rings (SSSR count). The lowest BCUT2D eigenvalue weighted by molar-refractivity contribution is 0.0699. The van der Waals surface area contributed by atoms with Crippen LogP contribution >= 0.6 is 0 Å². The lowest BCUT2D eigenvalue weighted by Gasteiger charge is -1.98. The van der Waals surface area contributed by atoms with E-state index in [0.29, 0.717) is 17.6 Å². The van der Waals surface area contributed by atoms with E-state index in [1.54, 1.807) is 12.1 Å². The second-order valence-corrected chi connectivity index (χ2v) is 3.39. The zero-order valence-corrected chi connectivity index (χ0v) is 8.16. The van der Waals surface area contributed by atoms with Crippen LogP contribution in [0.2, 0.25) is 0 Å². The summed E-state index contributed by atoms with van der Waals surface area (Å²) >= 11 is 0. The fourth-order valence-corrected chi connectivity index (χ4v) is 1.75. The van der Waals surface area contributed by atoms with Crippen molar-refractivity contribution in [3.63, 3.8) is 0 Å². The van der Waals surface area contributed by atoms with Crippen LogP contribution in [0.4, 0.5) is 0 Å². The molecule has 1 aromatic heterocycles. The molecule has 0 bridgehead atoms. The molecule has 4 heteroatoms. The maximum Gasteiger partial charge on any atom is 0.337 e. The van der Waals surface area contributed by atoms with Gasteiger partial charge in [0.25, 0.3) is 0 Å². The lowest BCUT2D eigenvalue weighted by Crippen LogP contribution is -2.02. The molecule has 0 fully saturated rings. The predicted octanol–water partition coefficient (Wildman–Crippen LogP) is 1.37. The van der Waals surface area contributed by atoms with Crippen LogP contribution in [0.3, 0.4) is 0 Å².